The first-order chi connectivity index (χ1) is 6.52. The van der Waals surface area contributed by atoms with E-state index < -0.39 is 5.60 Å². The van der Waals surface area contributed by atoms with Gasteiger partial charge in [-0.15, -0.1) is 6.42 Å². The molecule has 0 saturated carbocycles. The van der Waals surface area contributed by atoms with E-state index >= 15 is 0 Å². The third-order valence-corrected chi connectivity index (χ3v) is 1.95. The lowest BCUT2D eigenvalue weighted by atomic mass is 10.1. The fourth-order valence-electron chi connectivity index (χ4n) is 1.06. The molecule has 0 aliphatic heterocycles. The van der Waals surface area contributed by atoms with Crippen LogP contribution in [0.4, 0.5) is 0 Å². The van der Waals surface area contributed by atoms with Crippen molar-refractivity contribution in [2.24, 2.45) is 0 Å². The molecule has 0 N–H and O–H groups in total. The number of unbranched alkanes of at least 4 members (excludes halogenated alkanes) is 3. The highest BCUT2D eigenvalue weighted by molar-refractivity contribution is 5.70. The van der Waals surface area contributed by atoms with Gasteiger partial charge in [0.2, 0.25) is 0 Å². The maximum atomic E-state index is 11.3. The first-order valence-electron chi connectivity index (χ1n) is 5.21. The Balaban J connectivity index is 3.62. The molecule has 0 aromatic rings. The molecular weight excluding hydrogens is 176 g/mol. The summed E-state index contributed by atoms with van der Waals surface area (Å²) in [4.78, 5) is 11.3. The Morgan fingerprint density at radius 2 is 2.00 bits per heavy atom. The predicted molar refractivity (Wildman–Crippen MR) is 57.8 cm³/mol. The maximum absolute atomic E-state index is 11.3. The average molecular weight is 196 g/mol. The van der Waals surface area contributed by atoms with Crippen LogP contribution in [0.25, 0.3) is 0 Å². The summed E-state index contributed by atoms with van der Waals surface area (Å²) in [5.74, 6) is 2.24. The van der Waals surface area contributed by atoms with Crippen molar-refractivity contribution in [1.29, 1.82) is 0 Å². The summed E-state index contributed by atoms with van der Waals surface area (Å²) in [6, 6.07) is 0. The summed E-state index contributed by atoms with van der Waals surface area (Å²) in [5, 5.41) is 0. The van der Waals surface area contributed by atoms with Crippen LogP contribution in [0.1, 0.15) is 52.9 Å². The number of hydrogen-bond donors (Lipinski definition) is 0. The van der Waals surface area contributed by atoms with Crippen molar-refractivity contribution < 1.29 is 9.53 Å². The minimum Gasteiger partial charge on any atom is -0.446 e. The third-order valence-electron chi connectivity index (χ3n) is 1.95. The minimum absolute atomic E-state index is 0.191. The van der Waals surface area contributed by atoms with E-state index in [4.69, 9.17) is 11.2 Å². The van der Waals surface area contributed by atoms with Crippen molar-refractivity contribution in [3.05, 3.63) is 0 Å². The molecule has 0 spiro atoms. The Hall–Kier alpha value is -0.970. The molecule has 0 bridgehead atoms. The highest BCUT2D eigenvalue weighted by Gasteiger charge is 2.18. The Bertz CT molecular complexity index is 211. The number of carbonyl (C=O) groups is 1. The Kier molecular flexibility index (Phi) is 6.03. The van der Waals surface area contributed by atoms with E-state index in [1.54, 1.807) is 13.8 Å². The first-order valence-corrected chi connectivity index (χ1v) is 5.21. The van der Waals surface area contributed by atoms with Crippen LogP contribution < -0.4 is 0 Å². The van der Waals surface area contributed by atoms with E-state index in [1.165, 1.54) is 12.8 Å². The van der Waals surface area contributed by atoms with Crippen LogP contribution in [0.2, 0.25) is 0 Å². The van der Waals surface area contributed by atoms with Gasteiger partial charge in [-0.05, 0) is 20.3 Å². The molecule has 0 amide bonds. The van der Waals surface area contributed by atoms with Crippen LogP contribution in [-0.2, 0) is 9.53 Å². The lowest BCUT2D eigenvalue weighted by Crippen LogP contribution is -2.25. The first kappa shape index (κ1) is 13.0. The number of terminal acetylenes is 1. The second-order valence-electron chi connectivity index (χ2n) is 3.94. The second-order valence-corrected chi connectivity index (χ2v) is 3.94. The van der Waals surface area contributed by atoms with Crippen LogP contribution in [0, 0.1) is 12.3 Å². The van der Waals surface area contributed by atoms with Crippen LogP contribution in [-0.4, -0.2) is 11.6 Å². The molecule has 0 radical (unpaired) electrons. The molecule has 0 aliphatic rings. The molecule has 0 aromatic heterocycles. The van der Waals surface area contributed by atoms with Crippen molar-refractivity contribution in [1.82, 2.24) is 0 Å². The molecule has 2 nitrogen and oxygen atoms in total. The number of esters is 1. The molecule has 0 saturated heterocycles. The molecule has 80 valence electrons. The zero-order valence-corrected chi connectivity index (χ0v) is 9.43. The predicted octanol–water partition coefficient (Wildman–Crippen LogP) is 2.91. The van der Waals surface area contributed by atoms with Crippen molar-refractivity contribution >= 4 is 5.97 Å². The van der Waals surface area contributed by atoms with Crippen molar-refractivity contribution in [2.45, 2.75) is 58.5 Å². The van der Waals surface area contributed by atoms with Crippen LogP contribution >= 0.6 is 0 Å². The molecule has 0 rings (SSSR count). The van der Waals surface area contributed by atoms with Gasteiger partial charge in [-0.25, -0.2) is 0 Å². The van der Waals surface area contributed by atoms with Crippen molar-refractivity contribution in [3.63, 3.8) is 0 Å². The third kappa shape index (κ3) is 6.54. The Morgan fingerprint density at radius 1 is 1.36 bits per heavy atom. The van der Waals surface area contributed by atoms with Gasteiger partial charge < -0.3 is 4.74 Å². The quantitative estimate of drug-likeness (QED) is 0.371. The Morgan fingerprint density at radius 3 is 2.50 bits per heavy atom. The molecular formula is C12H20O2. The van der Waals surface area contributed by atoms with Gasteiger partial charge in [0.1, 0.15) is 0 Å². The lowest BCUT2D eigenvalue weighted by Gasteiger charge is -2.18. The lowest BCUT2D eigenvalue weighted by molar-refractivity contribution is -0.151. The van der Waals surface area contributed by atoms with Crippen molar-refractivity contribution in [3.8, 4) is 12.3 Å². The van der Waals surface area contributed by atoms with Gasteiger partial charge in [-0.2, -0.15) is 0 Å². The highest BCUT2D eigenvalue weighted by Crippen LogP contribution is 2.10. The van der Waals surface area contributed by atoms with Gasteiger partial charge in [0.05, 0.1) is 0 Å². The van der Waals surface area contributed by atoms with Crippen molar-refractivity contribution in [2.75, 3.05) is 0 Å². The molecule has 0 aromatic carbocycles. The van der Waals surface area contributed by atoms with Gasteiger partial charge in [-0.3, -0.25) is 4.79 Å². The van der Waals surface area contributed by atoms with E-state index in [0.29, 0.717) is 6.42 Å². The summed E-state index contributed by atoms with van der Waals surface area (Å²) in [5.41, 5.74) is -0.762. The molecule has 14 heavy (non-hydrogen) atoms. The normalized spacial score (nSPS) is 10.7. The highest BCUT2D eigenvalue weighted by atomic mass is 16.6. The SMILES string of the molecule is C#CC(C)(C)OC(=O)CCCCCC. The van der Waals surface area contributed by atoms with Crippen LogP contribution in [0.3, 0.4) is 0 Å². The van der Waals surface area contributed by atoms with E-state index in [-0.39, 0.29) is 5.97 Å². The Labute approximate surface area is 87.0 Å². The molecule has 0 atom stereocenters. The van der Waals surface area contributed by atoms with E-state index in [1.807, 2.05) is 0 Å². The molecule has 0 heterocycles. The average Bonchev–Trinajstić information content (AvgIpc) is 2.12. The summed E-state index contributed by atoms with van der Waals surface area (Å²) in [6.45, 7) is 5.58. The molecule has 0 aliphatic carbocycles. The largest absolute Gasteiger partial charge is 0.446 e. The number of rotatable bonds is 6. The molecule has 0 unspecified atom stereocenters. The summed E-state index contributed by atoms with van der Waals surface area (Å²) in [7, 11) is 0. The monoisotopic (exact) mass is 196 g/mol. The zero-order valence-electron chi connectivity index (χ0n) is 9.43. The van der Waals surface area contributed by atoms with E-state index in [0.717, 1.165) is 12.8 Å². The standard InChI is InChI=1S/C12H20O2/c1-5-7-8-9-10-11(13)14-12(3,4)6-2/h2H,5,7-10H2,1,3-4H3. The fraction of sp³-hybridized carbons (Fsp3) is 0.750. The van der Waals surface area contributed by atoms with Crippen LogP contribution in [0.15, 0.2) is 0 Å². The topological polar surface area (TPSA) is 26.3 Å². The fourth-order valence-corrected chi connectivity index (χ4v) is 1.06. The number of ether oxygens (including phenoxy) is 1. The molecule has 0 fully saturated rings. The van der Waals surface area contributed by atoms with Gasteiger partial charge in [0, 0.05) is 6.42 Å². The zero-order chi connectivity index (χ0) is 11.0. The van der Waals surface area contributed by atoms with Gasteiger partial charge in [0.15, 0.2) is 5.60 Å². The summed E-state index contributed by atoms with van der Waals surface area (Å²) >= 11 is 0. The van der Waals surface area contributed by atoms with Crippen LogP contribution in [0.5, 0.6) is 0 Å². The maximum Gasteiger partial charge on any atom is 0.307 e. The van der Waals surface area contributed by atoms with Gasteiger partial charge >= 0.3 is 5.97 Å². The number of carbonyl (C=O) groups excluding carboxylic acids is 1. The number of hydrogen-bond acceptors (Lipinski definition) is 2. The van der Waals surface area contributed by atoms with E-state index in [2.05, 4.69) is 12.8 Å². The summed E-state index contributed by atoms with van der Waals surface area (Å²) in [6.07, 6.45) is 10.0. The second kappa shape index (κ2) is 6.48. The van der Waals surface area contributed by atoms with Gasteiger partial charge in [-0.1, -0.05) is 32.1 Å². The smallest absolute Gasteiger partial charge is 0.307 e. The van der Waals surface area contributed by atoms with Gasteiger partial charge in [0.25, 0.3) is 0 Å². The minimum atomic E-state index is -0.762. The summed E-state index contributed by atoms with van der Waals surface area (Å²) < 4.78 is 5.09. The molecule has 2 heteroatoms. The van der Waals surface area contributed by atoms with E-state index in [9.17, 15) is 4.79 Å².